The molecule has 0 saturated heterocycles. The quantitative estimate of drug-likeness (QED) is 0.707. The molecule has 0 aliphatic rings. The number of rotatable bonds is 4. The SMILES string of the molecule is CC(CBr)c1cccc(C(C)CBr)c1. The van der Waals surface area contributed by atoms with Crippen molar-refractivity contribution in [2.24, 2.45) is 0 Å². The zero-order valence-corrected chi connectivity index (χ0v) is 11.8. The van der Waals surface area contributed by atoms with Crippen LogP contribution in [0.5, 0.6) is 0 Å². The van der Waals surface area contributed by atoms with E-state index in [0.29, 0.717) is 11.8 Å². The van der Waals surface area contributed by atoms with Gasteiger partial charge in [-0.2, -0.15) is 0 Å². The van der Waals surface area contributed by atoms with Crippen molar-refractivity contribution in [3.8, 4) is 0 Å². The molecular formula is C12H16Br2. The molecule has 0 radical (unpaired) electrons. The summed E-state index contributed by atoms with van der Waals surface area (Å²) in [5.74, 6) is 1.19. The van der Waals surface area contributed by atoms with Gasteiger partial charge in [0.05, 0.1) is 0 Å². The molecular weight excluding hydrogens is 304 g/mol. The second-order valence-corrected chi connectivity index (χ2v) is 5.08. The van der Waals surface area contributed by atoms with Gasteiger partial charge in [0.2, 0.25) is 0 Å². The van der Waals surface area contributed by atoms with E-state index in [-0.39, 0.29) is 0 Å². The minimum absolute atomic E-state index is 0.595. The van der Waals surface area contributed by atoms with Gasteiger partial charge in [0.15, 0.2) is 0 Å². The zero-order chi connectivity index (χ0) is 10.6. The predicted molar refractivity (Wildman–Crippen MR) is 70.9 cm³/mol. The van der Waals surface area contributed by atoms with Crippen molar-refractivity contribution >= 4 is 31.9 Å². The molecule has 0 aliphatic heterocycles. The van der Waals surface area contributed by atoms with E-state index in [2.05, 4.69) is 70.0 Å². The molecule has 1 aromatic rings. The first kappa shape index (κ1) is 12.3. The highest BCUT2D eigenvalue weighted by Crippen LogP contribution is 2.23. The van der Waals surface area contributed by atoms with Crippen LogP contribution in [0.2, 0.25) is 0 Å². The van der Waals surface area contributed by atoms with Crippen LogP contribution >= 0.6 is 31.9 Å². The van der Waals surface area contributed by atoms with E-state index in [4.69, 9.17) is 0 Å². The third kappa shape index (κ3) is 3.09. The second-order valence-electron chi connectivity index (χ2n) is 3.78. The Bertz CT molecular complexity index is 258. The van der Waals surface area contributed by atoms with Crippen LogP contribution in [-0.4, -0.2) is 10.7 Å². The average molecular weight is 320 g/mol. The van der Waals surface area contributed by atoms with Crippen molar-refractivity contribution in [2.45, 2.75) is 25.7 Å². The summed E-state index contributed by atoms with van der Waals surface area (Å²) in [6.07, 6.45) is 0. The number of halogens is 2. The van der Waals surface area contributed by atoms with Crippen LogP contribution < -0.4 is 0 Å². The van der Waals surface area contributed by atoms with Gasteiger partial charge in [-0.05, 0) is 23.0 Å². The summed E-state index contributed by atoms with van der Waals surface area (Å²) in [5, 5.41) is 2.05. The molecule has 0 aromatic heterocycles. The average Bonchev–Trinajstić information content (AvgIpc) is 2.27. The maximum absolute atomic E-state index is 3.52. The lowest BCUT2D eigenvalue weighted by Crippen LogP contribution is -1.99. The summed E-state index contributed by atoms with van der Waals surface area (Å²) in [4.78, 5) is 0. The molecule has 1 aromatic carbocycles. The van der Waals surface area contributed by atoms with Crippen molar-refractivity contribution < 1.29 is 0 Å². The monoisotopic (exact) mass is 318 g/mol. The molecule has 0 saturated carbocycles. The Kier molecular flexibility index (Phi) is 5.18. The molecule has 2 heteroatoms. The Morgan fingerprint density at radius 2 is 1.43 bits per heavy atom. The smallest absolute Gasteiger partial charge is 0.00975 e. The molecule has 0 fully saturated rings. The molecule has 78 valence electrons. The lowest BCUT2D eigenvalue weighted by atomic mass is 9.96. The summed E-state index contributed by atoms with van der Waals surface area (Å²) < 4.78 is 0. The minimum Gasteiger partial charge on any atom is -0.0922 e. The van der Waals surface area contributed by atoms with Crippen LogP contribution in [0.1, 0.15) is 36.8 Å². The topological polar surface area (TPSA) is 0 Å². The predicted octanol–water partition coefficient (Wildman–Crippen LogP) is 4.68. The standard InChI is InChI=1S/C12H16Br2/c1-9(7-13)11-4-3-5-12(6-11)10(2)8-14/h3-6,9-10H,7-8H2,1-2H3. The van der Waals surface area contributed by atoms with Crippen LogP contribution in [0.15, 0.2) is 24.3 Å². The normalized spacial score (nSPS) is 15.1. The Morgan fingerprint density at radius 1 is 1.00 bits per heavy atom. The van der Waals surface area contributed by atoms with Crippen molar-refractivity contribution in [1.29, 1.82) is 0 Å². The van der Waals surface area contributed by atoms with Gasteiger partial charge in [0.1, 0.15) is 0 Å². The van der Waals surface area contributed by atoms with Gasteiger partial charge in [-0.1, -0.05) is 70.0 Å². The van der Waals surface area contributed by atoms with Crippen LogP contribution in [0.25, 0.3) is 0 Å². The highest BCUT2D eigenvalue weighted by Gasteiger charge is 2.07. The van der Waals surface area contributed by atoms with Gasteiger partial charge in [0.25, 0.3) is 0 Å². The van der Waals surface area contributed by atoms with E-state index in [9.17, 15) is 0 Å². The van der Waals surface area contributed by atoms with Crippen LogP contribution in [0, 0.1) is 0 Å². The molecule has 1 rings (SSSR count). The maximum atomic E-state index is 3.52. The van der Waals surface area contributed by atoms with Gasteiger partial charge < -0.3 is 0 Å². The van der Waals surface area contributed by atoms with E-state index in [1.165, 1.54) is 11.1 Å². The third-order valence-electron chi connectivity index (χ3n) is 2.51. The van der Waals surface area contributed by atoms with Crippen LogP contribution in [-0.2, 0) is 0 Å². The fourth-order valence-electron chi connectivity index (χ4n) is 1.35. The number of alkyl halides is 2. The first-order valence-electron chi connectivity index (χ1n) is 4.90. The molecule has 0 spiro atoms. The number of hydrogen-bond acceptors (Lipinski definition) is 0. The summed E-state index contributed by atoms with van der Waals surface area (Å²) in [7, 11) is 0. The van der Waals surface area contributed by atoms with Crippen LogP contribution in [0.3, 0.4) is 0 Å². The molecule has 0 nitrogen and oxygen atoms in total. The number of benzene rings is 1. The maximum Gasteiger partial charge on any atom is 0.00975 e. The summed E-state index contributed by atoms with van der Waals surface area (Å²) in [6, 6.07) is 8.88. The van der Waals surface area contributed by atoms with Gasteiger partial charge in [-0.25, -0.2) is 0 Å². The van der Waals surface area contributed by atoms with E-state index < -0.39 is 0 Å². The van der Waals surface area contributed by atoms with E-state index in [0.717, 1.165) is 10.7 Å². The summed E-state index contributed by atoms with van der Waals surface area (Å²) in [5.41, 5.74) is 2.85. The van der Waals surface area contributed by atoms with Gasteiger partial charge in [-0.3, -0.25) is 0 Å². The molecule has 0 N–H and O–H groups in total. The lowest BCUT2D eigenvalue weighted by molar-refractivity contribution is 0.854. The van der Waals surface area contributed by atoms with Crippen molar-refractivity contribution in [2.75, 3.05) is 10.7 Å². The van der Waals surface area contributed by atoms with Crippen LogP contribution in [0.4, 0.5) is 0 Å². The Morgan fingerprint density at radius 3 is 1.79 bits per heavy atom. The first-order chi connectivity index (χ1) is 6.69. The second kappa shape index (κ2) is 5.92. The number of hydrogen-bond donors (Lipinski definition) is 0. The fraction of sp³-hybridized carbons (Fsp3) is 0.500. The zero-order valence-electron chi connectivity index (χ0n) is 8.63. The van der Waals surface area contributed by atoms with Gasteiger partial charge in [-0.15, -0.1) is 0 Å². The molecule has 0 bridgehead atoms. The highest BCUT2D eigenvalue weighted by atomic mass is 79.9. The Hall–Kier alpha value is 0.180. The van der Waals surface area contributed by atoms with Crippen molar-refractivity contribution in [3.63, 3.8) is 0 Å². The van der Waals surface area contributed by atoms with Gasteiger partial charge in [0, 0.05) is 10.7 Å². The van der Waals surface area contributed by atoms with Crippen molar-refractivity contribution in [3.05, 3.63) is 35.4 Å². The molecule has 14 heavy (non-hydrogen) atoms. The Balaban J connectivity index is 2.89. The minimum atomic E-state index is 0.595. The largest absolute Gasteiger partial charge is 0.0922 e. The lowest BCUT2D eigenvalue weighted by Gasteiger charge is -2.13. The highest BCUT2D eigenvalue weighted by molar-refractivity contribution is 9.09. The fourth-order valence-corrected chi connectivity index (χ4v) is 2.10. The molecule has 2 unspecified atom stereocenters. The molecule has 0 aliphatic carbocycles. The Labute approximate surface area is 103 Å². The molecule has 0 amide bonds. The third-order valence-corrected chi connectivity index (χ3v) is 4.45. The van der Waals surface area contributed by atoms with E-state index in [1.54, 1.807) is 0 Å². The van der Waals surface area contributed by atoms with E-state index >= 15 is 0 Å². The summed E-state index contributed by atoms with van der Waals surface area (Å²) >= 11 is 7.04. The molecule has 2 atom stereocenters. The van der Waals surface area contributed by atoms with Gasteiger partial charge >= 0.3 is 0 Å². The first-order valence-corrected chi connectivity index (χ1v) is 7.15. The van der Waals surface area contributed by atoms with E-state index in [1.807, 2.05) is 0 Å². The van der Waals surface area contributed by atoms with Crippen molar-refractivity contribution in [1.82, 2.24) is 0 Å². The summed E-state index contributed by atoms with van der Waals surface area (Å²) in [6.45, 7) is 4.49. The molecule has 0 heterocycles.